The zero-order chi connectivity index (χ0) is 35.9. The molecule has 1 amide bonds. The number of halogens is 4. The summed E-state index contributed by atoms with van der Waals surface area (Å²) in [6, 6.07) is 15.5. The van der Waals surface area contributed by atoms with Crippen molar-refractivity contribution < 1.29 is 46.7 Å². The molecule has 1 atom stereocenters. The zero-order valence-electron chi connectivity index (χ0n) is 26.8. The zero-order valence-corrected chi connectivity index (χ0v) is 28.3. The number of nitro benzene ring substituents is 1. The fourth-order valence-corrected chi connectivity index (χ4v) is 5.03. The molecule has 0 bridgehead atoms. The lowest BCUT2D eigenvalue weighted by molar-refractivity contribution is -0.385. The Hall–Kier alpha value is -4.30. The van der Waals surface area contributed by atoms with Gasteiger partial charge in [0.25, 0.3) is 10.9 Å². The van der Waals surface area contributed by atoms with Gasteiger partial charge in [-0.2, -0.15) is 13.2 Å². The molecule has 0 saturated carbocycles. The normalized spacial score (nSPS) is 11.4. The van der Waals surface area contributed by atoms with Crippen molar-refractivity contribution in [2.75, 3.05) is 19.7 Å². The van der Waals surface area contributed by atoms with E-state index in [0.717, 1.165) is 62.0 Å². The number of esters is 2. The van der Waals surface area contributed by atoms with Gasteiger partial charge in [0.15, 0.2) is 6.10 Å². The second kappa shape index (κ2) is 19.5. The van der Waals surface area contributed by atoms with Crippen LogP contribution in [0, 0.1) is 10.1 Å². The molecule has 260 valence electrons. The number of nitro groups is 1. The van der Waals surface area contributed by atoms with E-state index < -0.39 is 46.0 Å². The van der Waals surface area contributed by atoms with Crippen LogP contribution in [0.25, 0.3) is 0 Å². The summed E-state index contributed by atoms with van der Waals surface area (Å²) < 4.78 is 53.2. The van der Waals surface area contributed by atoms with Gasteiger partial charge in [-0.15, -0.1) is 0 Å². The predicted octanol–water partition coefficient (Wildman–Crippen LogP) is 9.33. The predicted molar refractivity (Wildman–Crippen MR) is 176 cm³/mol. The summed E-state index contributed by atoms with van der Waals surface area (Å²) in [4.78, 5) is 48.3. The van der Waals surface area contributed by atoms with Gasteiger partial charge in [-0.1, -0.05) is 67.5 Å². The van der Waals surface area contributed by atoms with E-state index in [1.54, 1.807) is 6.92 Å². The van der Waals surface area contributed by atoms with Crippen molar-refractivity contribution in [3.8, 4) is 11.5 Å². The smallest absolute Gasteiger partial charge is 0.416 e. The molecule has 0 fully saturated rings. The standard InChI is InChI=1S/C19H15ClF3NO7.C14H21NOS/c1-3-29-17(25)10(2)30-18(26)13-9-12(5-6-15(13)24(27)28)31-16-7-4-11(8-14(16)20)19(21,22)23;1-3-10-15(11-4-2)14(16)17-12-13-8-6-5-7-9-13/h4-10H,3H2,1-2H3;5-9H,3-4,10-12H2,1-2H3. The van der Waals surface area contributed by atoms with Crippen LogP contribution in [-0.2, 0) is 26.2 Å². The first-order valence-corrected chi connectivity index (χ1v) is 16.2. The number of alkyl halides is 3. The van der Waals surface area contributed by atoms with E-state index in [1.807, 2.05) is 23.1 Å². The second-order valence-electron chi connectivity index (χ2n) is 10.0. The maximum Gasteiger partial charge on any atom is 0.416 e. The maximum absolute atomic E-state index is 12.8. The summed E-state index contributed by atoms with van der Waals surface area (Å²) in [7, 11) is 0. The maximum atomic E-state index is 12.8. The molecule has 15 heteroatoms. The molecule has 3 aromatic carbocycles. The average molecular weight is 713 g/mol. The van der Waals surface area contributed by atoms with Crippen molar-refractivity contribution in [2.24, 2.45) is 0 Å². The van der Waals surface area contributed by atoms with E-state index in [4.69, 9.17) is 25.8 Å². The molecule has 0 saturated heterocycles. The molecule has 0 heterocycles. The monoisotopic (exact) mass is 712 g/mol. The van der Waals surface area contributed by atoms with Gasteiger partial charge in [0, 0.05) is 31.0 Å². The minimum Gasteiger partial charge on any atom is -0.463 e. The van der Waals surface area contributed by atoms with Crippen LogP contribution in [-0.4, -0.2) is 52.8 Å². The fourth-order valence-electron chi connectivity index (χ4n) is 3.96. The van der Waals surface area contributed by atoms with E-state index in [-0.39, 0.29) is 28.4 Å². The highest BCUT2D eigenvalue weighted by molar-refractivity contribution is 8.12. The van der Waals surface area contributed by atoms with Crippen LogP contribution in [0.15, 0.2) is 66.7 Å². The fraction of sp³-hybridized carbons (Fsp3) is 0.364. The third kappa shape index (κ3) is 12.7. The number of ether oxygens (including phenoxy) is 3. The van der Waals surface area contributed by atoms with Crippen molar-refractivity contribution in [3.05, 3.63) is 98.6 Å². The lowest BCUT2D eigenvalue weighted by Crippen LogP contribution is -2.29. The number of carbonyl (C=O) groups excluding carboxylic acids is 3. The van der Waals surface area contributed by atoms with Crippen molar-refractivity contribution >= 4 is 46.2 Å². The van der Waals surface area contributed by atoms with E-state index >= 15 is 0 Å². The van der Waals surface area contributed by atoms with Gasteiger partial charge >= 0.3 is 18.1 Å². The summed E-state index contributed by atoms with van der Waals surface area (Å²) >= 11 is 7.23. The van der Waals surface area contributed by atoms with Gasteiger partial charge in [0.05, 0.1) is 22.1 Å². The van der Waals surface area contributed by atoms with E-state index in [1.165, 1.54) is 24.2 Å². The van der Waals surface area contributed by atoms with Crippen LogP contribution < -0.4 is 4.74 Å². The van der Waals surface area contributed by atoms with Crippen molar-refractivity contribution in [1.29, 1.82) is 0 Å². The Morgan fingerprint density at radius 1 is 0.979 bits per heavy atom. The topological polar surface area (TPSA) is 125 Å². The number of carbonyl (C=O) groups is 3. The third-order valence-electron chi connectivity index (χ3n) is 6.22. The molecule has 0 N–H and O–H groups in total. The van der Waals surface area contributed by atoms with Crippen LogP contribution in [0.5, 0.6) is 11.5 Å². The van der Waals surface area contributed by atoms with Crippen LogP contribution in [0.4, 0.5) is 23.7 Å². The van der Waals surface area contributed by atoms with Crippen molar-refractivity contribution in [3.63, 3.8) is 0 Å². The molecular weight excluding hydrogens is 677 g/mol. The first-order chi connectivity index (χ1) is 22.7. The number of hydrogen-bond donors (Lipinski definition) is 0. The summed E-state index contributed by atoms with van der Waals surface area (Å²) in [5, 5.41) is 11.1. The lowest BCUT2D eigenvalue weighted by Gasteiger charge is -2.20. The highest BCUT2D eigenvalue weighted by atomic mass is 35.5. The molecule has 3 rings (SSSR count). The molecule has 1 unspecified atom stereocenters. The second-order valence-corrected chi connectivity index (χ2v) is 11.3. The number of rotatable bonds is 13. The average Bonchev–Trinajstić information content (AvgIpc) is 3.04. The number of amides is 1. The van der Waals surface area contributed by atoms with E-state index in [0.29, 0.717) is 6.07 Å². The minimum absolute atomic E-state index is 0.0398. The van der Waals surface area contributed by atoms with Gasteiger partial charge in [0.1, 0.15) is 17.1 Å². The molecule has 0 aliphatic carbocycles. The molecular formula is C33H36ClF3N2O8S. The molecule has 10 nitrogen and oxygen atoms in total. The molecule has 0 radical (unpaired) electrons. The van der Waals surface area contributed by atoms with Crippen LogP contribution in [0.2, 0.25) is 5.02 Å². The quantitative estimate of drug-likeness (QED) is 0.0968. The first-order valence-electron chi connectivity index (χ1n) is 14.9. The Labute approximate surface area is 285 Å². The van der Waals surface area contributed by atoms with Gasteiger partial charge in [-0.25, -0.2) is 9.59 Å². The van der Waals surface area contributed by atoms with Crippen LogP contribution in [0.1, 0.15) is 62.0 Å². The third-order valence-corrected chi connectivity index (χ3v) is 7.50. The number of thioether (sulfide) groups is 1. The van der Waals surface area contributed by atoms with Crippen LogP contribution >= 0.6 is 23.4 Å². The molecule has 0 aromatic heterocycles. The SMILES string of the molecule is CCCN(CCC)C(=O)SCc1ccccc1.CCOC(=O)C(C)OC(=O)c1cc(Oc2ccc(C(F)(F)F)cc2Cl)ccc1[N+](=O)[O-]. The minimum atomic E-state index is -4.61. The summed E-state index contributed by atoms with van der Waals surface area (Å²) in [6.07, 6.45) is -3.89. The van der Waals surface area contributed by atoms with Gasteiger partial charge in [-0.05, 0) is 56.5 Å². The van der Waals surface area contributed by atoms with Gasteiger partial charge in [0.2, 0.25) is 0 Å². The Morgan fingerprint density at radius 2 is 1.62 bits per heavy atom. The lowest BCUT2D eigenvalue weighted by atomic mass is 10.1. The molecule has 0 aliphatic rings. The van der Waals surface area contributed by atoms with Gasteiger partial charge < -0.3 is 19.1 Å². The van der Waals surface area contributed by atoms with Gasteiger partial charge in [-0.3, -0.25) is 14.9 Å². The first kappa shape index (κ1) is 39.9. The highest BCUT2D eigenvalue weighted by Crippen LogP contribution is 2.37. The Bertz CT molecular complexity index is 1540. The van der Waals surface area contributed by atoms with E-state index in [9.17, 15) is 37.7 Å². The van der Waals surface area contributed by atoms with Crippen molar-refractivity contribution in [2.45, 2.75) is 58.6 Å². The number of hydrogen-bond acceptors (Lipinski definition) is 9. The Morgan fingerprint density at radius 3 is 2.17 bits per heavy atom. The Balaban J connectivity index is 0.000000397. The van der Waals surface area contributed by atoms with Crippen molar-refractivity contribution in [1.82, 2.24) is 4.90 Å². The largest absolute Gasteiger partial charge is 0.463 e. The number of benzene rings is 3. The summed E-state index contributed by atoms with van der Waals surface area (Å²) in [5.74, 6) is -1.59. The molecule has 3 aromatic rings. The highest BCUT2D eigenvalue weighted by Gasteiger charge is 2.31. The molecule has 48 heavy (non-hydrogen) atoms. The summed E-state index contributed by atoms with van der Waals surface area (Å²) in [6.45, 7) is 8.77. The Kier molecular flexibility index (Phi) is 16.2. The molecule has 0 aliphatic heterocycles. The van der Waals surface area contributed by atoms with E-state index in [2.05, 4.69) is 26.0 Å². The molecule has 0 spiro atoms. The number of nitrogens with zero attached hydrogens (tertiary/aromatic N) is 2. The summed E-state index contributed by atoms with van der Waals surface area (Å²) in [5.41, 5.74) is -0.960. The van der Waals surface area contributed by atoms with Crippen LogP contribution in [0.3, 0.4) is 0 Å².